The fourth-order valence-corrected chi connectivity index (χ4v) is 10.5. The molecule has 8 nitrogen and oxygen atoms in total. The van der Waals surface area contributed by atoms with Crippen LogP contribution in [0, 0.1) is 29.6 Å². The third-order valence-electron chi connectivity index (χ3n) is 8.91. The second kappa shape index (κ2) is 9.78. The summed E-state index contributed by atoms with van der Waals surface area (Å²) < 4.78 is 6.34. The van der Waals surface area contributed by atoms with E-state index >= 15 is 0 Å². The molecule has 3 fully saturated rings. The largest absolute Gasteiger partial charge is 0.489 e. The first-order valence-electron chi connectivity index (χ1n) is 13.2. The number of thiazole rings is 1. The molecule has 2 saturated carbocycles. The number of benzene rings is 2. The van der Waals surface area contributed by atoms with E-state index in [0.717, 1.165) is 27.5 Å². The van der Waals surface area contributed by atoms with Gasteiger partial charge >= 0.3 is 10.8 Å². The lowest BCUT2D eigenvalue weighted by molar-refractivity contribution is -0.142. The summed E-state index contributed by atoms with van der Waals surface area (Å²) in [4.78, 5) is 55.7. The Kier molecular flexibility index (Phi) is 6.32. The lowest BCUT2D eigenvalue weighted by Crippen LogP contribution is -2.42. The summed E-state index contributed by atoms with van der Waals surface area (Å²) in [5.74, 6) is -2.15. The number of rotatable bonds is 7. The van der Waals surface area contributed by atoms with Crippen molar-refractivity contribution in [3.05, 3.63) is 79.2 Å². The van der Waals surface area contributed by atoms with E-state index in [-0.39, 0.29) is 58.6 Å². The Morgan fingerprint density at radius 1 is 1.07 bits per heavy atom. The first-order chi connectivity index (χ1) is 19.3. The number of hydrogen-bond acceptors (Lipinski definition) is 7. The van der Waals surface area contributed by atoms with Crippen molar-refractivity contribution in [3.63, 3.8) is 0 Å². The molecule has 2 aromatic carbocycles. The highest BCUT2D eigenvalue weighted by molar-refractivity contribution is 8.00. The number of aromatic amines is 1. The molecular formula is C29H25ClN2O6S2. The Morgan fingerprint density at radius 3 is 2.58 bits per heavy atom. The summed E-state index contributed by atoms with van der Waals surface area (Å²) in [7, 11) is 0. The van der Waals surface area contributed by atoms with E-state index in [1.165, 1.54) is 16.2 Å². The molecule has 6 unspecified atom stereocenters. The fraction of sp³-hybridized carbons (Fsp3) is 0.379. The summed E-state index contributed by atoms with van der Waals surface area (Å²) in [6.07, 6.45) is 0.484. The molecule has 0 radical (unpaired) electrons. The van der Waals surface area contributed by atoms with Crippen molar-refractivity contribution in [2.45, 2.75) is 35.6 Å². The van der Waals surface area contributed by atoms with E-state index in [9.17, 15) is 19.2 Å². The zero-order chi connectivity index (χ0) is 27.7. The smallest absolute Gasteiger partial charge is 0.305 e. The number of carboxylic acids is 1. The average Bonchev–Trinajstić information content (AvgIpc) is 3.66. The number of ether oxygens (including phenoxy) is 1. The molecule has 2 N–H and O–H groups in total. The van der Waals surface area contributed by atoms with E-state index in [4.69, 9.17) is 21.4 Å². The van der Waals surface area contributed by atoms with Crippen LogP contribution in [-0.2, 0) is 21.0 Å². The predicted octanol–water partition coefficient (Wildman–Crippen LogP) is 4.62. The lowest BCUT2D eigenvalue weighted by atomic mass is 9.68. The quantitative estimate of drug-likeness (QED) is 0.382. The fourth-order valence-electron chi connectivity index (χ4n) is 7.48. The molecule has 1 saturated heterocycles. The van der Waals surface area contributed by atoms with Crippen LogP contribution < -0.4 is 9.61 Å². The Bertz CT molecular complexity index is 1590. The number of fused-ring (bicyclic) bond motifs is 9. The summed E-state index contributed by atoms with van der Waals surface area (Å²) in [6, 6.07) is 15.4. The topological polar surface area (TPSA) is 117 Å². The minimum Gasteiger partial charge on any atom is -0.489 e. The van der Waals surface area contributed by atoms with Crippen LogP contribution in [0.5, 0.6) is 5.75 Å². The van der Waals surface area contributed by atoms with Crippen LogP contribution in [0.2, 0.25) is 5.02 Å². The van der Waals surface area contributed by atoms with Crippen LogP contribution in [0.1, 0.15) is 34.8 Å². The Balaban J connectivity index is 1.29. The van der Waals surface area contributed by atoms with E-state index in [0.29, 0.717) is 17.4 Å². The van der Waals surface area contributed by atoms with Crippen molar-refractivity contribution >= 4 is 52.5 Å². The Hall–Kier alpha value is -3.08. The van der Waals surface area contributed by atoms with E-state index in [2.05, 4.69) is 4.98 Å². The first kappa shape index (κ1) is 25.9. The monoisotopic (exact) mass is 596 g/mol. The van der Waals surface area contributed by atoms with Gasteiger partial charge in [0, 0.05) is 33.2 Å². The highest BCUT2D eigenvalue weighted by Crippen LogP contribution is 2.69. The van der Waals surface area contributed by atoms with Gasteiger partial charge in [0.15, 0.2) is 0 Å². The molecule has 2 aliphatic carbocycles. The Morgan fingerprint density at radius 2 is 1.82 bits per heavy atom. The van der Waals surface area contributed by atoms with Gasteiger partial charge in [-0.15, -0.1) is 11.8 Å². The molecule has 3 aromatic rings. The number of H-pyrrole nitrogens is 1. The van der Waals surface area contributed by atoms with Crippen molar-refractivity contribution in [1.82, 2.24) is 9.88 Å². The standard InChI is InChI=1S/C29H25ClN2O6S2/c30-14-6-7-18(38-12-13-4-2-1-3-5-13)15(10-14)20-21-16-11-17(24(21)39-26-25(20)40-29(37)31-26)23-22(16)27(35)32(28(23)36)9-8-19(33)34/h1-7,10,16-17,20-24H,8-9,11-12H2,(H,31,37)(H,33,34)/t16?,17?,20-,21?,22?,23?,24?/m1/s1. The number of halogens is 1. The maximum atomic E-state index is 13.6. The van der Waals surface area contributed by atoms with Crippen LogP contribution >= 0.6 is 34.7 Å². The summed E-state index contributed by atoms with van der Waals surface area (Å²) >= 11 is 9.32. The van der Waals surface area contributed by atoms with Gasteiger partial charge in [0.25, 0.3) is 0 Å². The number of carbonyl (C=O) groups excluding carboxylic acids is 2. The number of thioether (sulfide) groups is 1. The van der Waals surface area contributed by atoms with E-state index < -0.39 is 17.8 Å². The molecule has 2 amide bonds. The number of carboxylic acid groups (broad SMARTS) is 1. The van der Waals surface area contributed by atoms with Crippen LogP contribution in [-0.4, -0.2) is 44.6 Å². The lowest BCUT2D eigenvalue weighted by Gasteiger charge is -2.43. The number of aromatic nitrogens is 1. The second-order valence-electron chi connectivity index (χ2n) is 10.9. The molecule has 1 aromatic heterocycles. The normalized spacial score (nSPS) is 29.8. The number of hydrogen-bond donors (Lipinski definition) is 2. The van der Waals surface area contributed by atoms with Gasteiger partial charge in [-0.05, 0) is 47.9 Å². The van der Waals surface area contributed by atoms with Crippen LogP contribution in [0.15, 0.2) is 58.4 Å². The maximum Gasteiger partial charge on any atom is 0.305 e. The van der Waals surface area contributed by atoms with E-state index in [1.54, 1.807) is 17.8 Å². The summed E-state index contributed by atoms with van der Waals surface area (Å²) in [6.45, 7) is 0.265. The van der Waals surface area contributed by atoms with Crippen molar-refractivity contribution in [1.29, 1.82) is 0 Å². The van der Waals surface area contributed by atoms with Crippen LogP contribution in [0.25, 0.3) is 0 Å². The van der Waals surface area contributed by atoms with Gasteiger partial charge in [0.1, 0.15) is 12.4 Å². The number of carbonyl (C=O) groups is 3. The molecule has 0 spiro atoms. The molecule has 7 rings (SSSR count). The highest BCUT2D eigenvalue weighted by Gasteiger charge is 2.69. The molecule has 7 atom stereocenters. The van der Waals surface area contributed by atoms with Gasteiger partial charge < -0.3 is 14.8 Å². The van der Waals surface area contributed by atoms with Gasteiger partial charge in [0.2, 0.25) is 11.8 Å². The number of nitrogens with one attached hydrogen (secondary N) is 1. The zero-order valence-electron chi connectivity index (χ0n) is 21.1. The minimum atomic E-state index is -1.04. The van der Waals surface area contributed by atoms with Gasteiger partial charge in [-0.3, -0.25) is 24.1 Å². The molecule has 11 heteroatoms. The zero-order valence-corrected chi connectivity index (χ0v) is 23.5. The molecule has 2 aliphatic heterocycles. The molecule has 206 valence electrons. The SMILES string of the molecule is O=C(O)CCN1C(=O)C2C3CC(C2C1=O)C1C3Sc2[nH]c(=O)sc2[C@@H]1c1cc(Cl)ccc1OCc1ccccc1. The van der Waals surface area contributed by atoms with Crippen LogP contribution in [0.4, 0.5) is 0 Å². The number of aliphatic carboxylic acids is 1. The predicted molar refractivity (Wildman–Crippen MR) is 150 cm³/mol. The second-order valence-corrected chi connectivity index (χ2v) is 13.5. The molecular weight excluding hydrogens is 572 g/mol. The third-order valence-corrected chi connectivity index (χ3v) is 11.7. The van der Waals surface area contributed by atoms with E-state index in [1.807, 2.05) is 42.5 Å². The van der Waals surface area contributed by atoms with Crippen molar-refractivity contribution in [2.24, 2.45) is 29.6 Å². The third kappa shape index (κ3) is 4.02. The van der Waals surface area contributed by atoms with Crippen molar-refractivity contribution < 1.29 is 24.2 Å². The molecule has 2 bridgehead atoms. The van der Waals surface area contributed by atoms with Gasteiger partial charge in [0.05, 0.1) is 23.3 Å². The Labute approximate surface area is 242 Å². The molecule has 3 heterocycles. The maximum absolute atomic E-state index is 13.6. The molecule has 4 aliphatic rings. The summed E-state index contributed by atoms with van der Waals surface area (Å²) in [5.41, 5.74) is 1.89. The highest BCUT2D eigenvalue weighted by atomic mass is 35.5. The number of nitrogens with zero attached hydrogens (tertiary/aromatic N) is 1. The number of imide groups is 1. The van der Waals surface area contributed by atoms with Gasteiger partial charge in [-0.25, -0.2) is 0 Å². The number of likely N-dealkylation sites (tertiary alicyclic amines) is 1. The van der Waals surface area contributed by atoms with Gasteiger partial charge in [-0.2, -0.15) is 0 Å². The van der Waals surface area contributed by atoms with Crippen molar-refractivity contribution in [3.8, 4) is 5.75 Å². The van der Waals surface area contributed by atoms with Crippen LogP contribution in [0.3, 0.4) is 0 Å². The minimum absolute atomic E-state index is 0.0103. The average molecular weight is 597 g/mol. The first-order valence-corrected chi connectivity index (χ1v) is 15.3. The number of amides is 2. The summed E-state index contributed by atoms with van der Waals surface area (Å²) in [5, 5.41) is 10.5. The van der Waals surface area contributed by atoms with Crippen molar-refractivity contribution in [2.75, 3.05) is 6.54 Å². The molecule has 40 heavy (non-hydrogen) atoms. The van der Waals surface area contributed by atoms with Gasteiger partial charge in [-0.1, -0.05) is 53.3 Å².